The lowest BCUT2D eigenvalue weighted by Crippen LogP contribution is -2.32. The molecule has 96 valence electrons. The molecule has 1 aromatic rings. The first-order valence-electron chi connectivity index (χ1n) is 6.26. The van der Waals surface area contributed by atoms with Gasteiger partial charge < -0.3 is 20.6 Å². The molecule has 1 aromatic carbocycles. The number of benzene rings is 1. The predicted octanol–water partition coefficient (Wildman–Crippen LogP) is 0.281. The van der Waals surface area contributed by atoms with Crippen LogP contribution in [0, 0.1) is 0 Å². The minimum Gasteiger partial charge on any atom is -0.480 e. The molecule has 0 aliphatic carbocycles. The van der Waals surface area contributed by atoms with Gasteiger partial charge in [-0.1, -0.05) is 0 Å². The zero-order valence-electron chi connectivity index (χ0n) is 10.2. The van der Waals surface area contributed by atoms with Crippen LogP contribution in [0.25, 0.3) is 0 Å². The summed E-state index contributed by atoms with van der Waals surface area (Å²) in [5.74, 6) is -0.944. The summed E-state index contributed by atoms with van der Waals surface area (Å²) in [5.41, 5.74) is 8.99. The van der Waals surface area contributed by atoms with E-state index >= 15 is 0 Å². The van der Waals surface area contributed by atoms with Crippen LogP contribution >= 0.6 is 0 Å². The molecular formula is C13H17N3O2. The van der Waals surface area contributed by atoms with Gasteiger partial charge in [-0.15, -0.1) is 0 Å². The van der Waals surface area contributed by atoms with Crippen molar-refractivity contribution in [1.82, 2.24) is 0 Å². The van der Waals surface area contributed by atoms with Crippen molar-refractivity contribution in [2.45, 2.75) is 12.5 Å². The summed E-state index contributed by atoms with van der Waals surface area (Å²) in [6, 6.07) is 5.47. The van der Waals surface area contributed by atoms with Crippen molar-refractivity contribution in [1.29, 1.82) is 0 Å². The summed E-state index contributed by atoms with van der Waals surface area (Å²) >= 11 is 0. The average Bonchev–Trinajstić information content (AvgIpc) is 3.17. The number of nitrogens with zero attached hydrogens (tertiary/aromatic N) is 2. The lowest BCUT2D eigenvalue weighted by molar-refractivity contribution is -0.138. The first-order chi connectivity index (χ1) is 8.63. The highest BCUT2D eigenvalue weighted by molar-refractivity contribution is 5.74. The van der Waals surface area contributed by atoms with Crippen LogP contribution in [0.1, 0.15) is 5.56 Å². The van der Waals surface area contributed by atoms with E-state index in [1.807, 2.05) is 0 Å². The Bertz CT molecular complexity index is 451. The molecule has 0 spiro atoms. The maximum Gasteiger partial charge on any atom is 0.320 e. The Morgan fingerprint density at radius 2 is 1.67 bits per heavy atom. The number of rotatable bonds is 5. The zero-order chi connectivity index (χ0) is 12.7. The van der Waals surface area contributed by atoms with E-state index in [4.69, 9.17) is 10.8 Å². The van der Waals surface area contributed by atoms with Crippen LogP contribution in [0.2, 0.25) is 0 Å². The van der Waals surface area contributed by atoms with Gasteiger partial charge in [0.15, 0.2) is 0 Å². The highest BCUT2D eigenvalue weighted by atomic mass is 16.4. The van der Waals surface area contributed by atoms with E-state index in [9.17, 15) is 4.79 Å². The van der Waals surface area contributed by atoms with Crippen LogP contribution in [-0.2, 0) is 11.2 Å². The second-order valence-corrected chi connectivity index (χ2v) is 4.98. The van der Waals surface area contributed by atoms with Gasteiger partial charge in [-0.05, 0) is 30.2 Å². The summed E-state index contributed by atoms with van der Waals surface area (Å²) in [5, 5.41) is 8.88. The second-order valence-electron chi connectivity index (χ2n) is 4.98. The predicted molar refractivity (Wildman–Crippen MR) is 70.2 cm³/mol. The number of nitrogens with two attached hydrogens (primary N) is 1. The molecule has 0 amide bonds. The van der Waals surface area contributed by atoms with Crippen LogP contribution in [0.4, 0.5) is 11.4 Å². The Morgan fingerprint density at radius 1 is 1.17 bits per heavy atom. The molecule has 1 unspecified atom stereocenters. The van der Waals surface area contributed by atoms with E-state index in [1.54, 1.807) is 0 Å². The van der Waals surface area contributed by atoms with Crippen molar-refractivity contribution in [3.05, 3.63) is 23.8 Å². The maximum atomic E-state index is 10.8. The third-order valence-corrected chi connectivity index (χ3v) is 3.36. The molecule has 3 N–H and O–H groups in total. The van der Waals surface area contributed by atoms with Gasteiger partial charge in [0.2, 0.25) is 0 Å². The largest absolute Gasteiger partial charge is 0.480 e. The molecule has 5 nitrogen and oxygen atoms in total. The monoisotopic (exact) mass is 247 g/mol. The van der Waals surface area contributed by atoms with Crippen LogP contribution in [0.15, 0.2) is 18.2 Å². The Labute approximate surface area is 106 Å². The molecule has 0 saturated carbocycles. The number of hydrogen-bond donors (Lipinski definition) is 2. The Balaban J connectivity index is 1.85. The van der Waals surface area contributed by atoms with Gasteiger partial charge in [0.25, 0.3) is 0 Å². The van der Waals surface area contributed by atoms with Crippen LogP contribution in [0.3, 0.4) is 0 Å². The van der Waals surface area contributed by atoms with E-state index in [2.05, 4.69) is 28.0 Å². The summed E-state index contributed by atoms with van der Waals surface area (Å²) in [6.45, 7) is 4.36. The normalized spacial score (nSPS) is 18.7. The van der Waals surface area contributed by atoms with Crippen molar-refractivity contribution in [3.63, 3.8) is 0 Å². The Kier molecular flexibility index (Phi) is 2.63. The Hall–Kier alpha value is -1.75. The van der Waals surface area contributed by atoms with Gasteiger partial charge in [0, 0.05) is 37.6 Å². The average molecular weight is 247 g/mol. The SMILES string of the molecule is NC(Cc1cc(N2CC2)cc(N2CC2)c1)C(=O)O. The summed E-state index contributed by atoms with van der Waals surface area (Å²) in [4.78, 5) is 15.4. The third kappa shape index (κ3) is 2.41. The molecule has 0 aromatic heterocycles. The molecule has 5 heteroatoms. The van der Waals surface area contributed by atoms with Gasteiger partial charge >= 0.3 is 5.97 Å². The van der Waals surface area contributed by atoms with Gasteiger partial charge in [0.05, 0.1) is 0 Å². The highest BCUT2D eigenvalue weighted by Crippen LogP contribution is 2.31. The minimum absolute atomic E-state index is 0.387. The van der Waals surface area contributed by atoms with E-state index in [-0.39, 0.29) is 0 Å². The molecule has 18 heavy (non-hydrogen) atoms. The lowest BCUT2D eigenvalue weighted by Gasteiger charge is -2.13. The standard InChI is InChI=1S/C13H17N3O2/c14-12(13(17)18)7-9-5-10(15-1-2-15)8-11(6-9)16-3-4-16/h5-6,8,12H,1-4,7,14H2,(H,17,18). The van der Waals surface area contributed by atoms with Crippen molar-refractivity contribution in [2.75, 3.05) is 36.0 Å². The van der Waals surface area contributed by atoms with Gasteiger partial charge in [-0.25, -0.2) is 0 Å². The minimum atomic E-state index is -0.944. The molecule has 2 aliphatic rings. The van der Waals surface area contributed by atoms with Crippen LogP contribution in [0.5, 0.6) is 0 Å². The molecular weight excluding hydrogens is 230 g/mol. The van der Waals surface area contributed by atoms with Gasteiger partial charge in [-0.2, -0.15) is 0 Å². The first-order valence-corrected chi connectivity index (χ1v) is 6.26. The first kappa shape index (κ1) is 11.3. The second kappa shape index (κ2) is 4.17. The third-order valence-electron chi connectivity index (χ3n) is 3.36. The molecule has 0 bridgehead atoms. The highest BCUT2D eigenvalue weighted by Gasteiger charge is 2.24. The molecule has 2 fully saturated rings. The fourth-order valence-electron chi connectivity index (χ4n) is 2.10. The van der Waals surface area contributed by atoms with E-state index < -0.39 is 12.0 Å². The van der Waals surface area contributed by atoms with Crippen molar-refractivity contribution >= 4 is 17.3 Å². The van der Waals surface area contributed by atoms with Crippen molar-refractivity contribution in [2.24, 2.45) is 5.73 Å². The van der Waals surface area contributed by atoms with E-state index in [0.29, 0.717) is 6.42 Å². The molecule has 2 heterocycles. The lowest BCUT2D eigenvalue weighted by atomic mass is 10.0. The number of carbonyl (C=O) groups is 1. The zero-order valence-corrected chi connectivity index (χ0v) is 10.2. The molecule has 3 rings (SSSR count). The van der Waals surface area contributed by atoms with Crippen LogP contribution < -0.4 is 15.5 Å². The summed E-state index contributed by atoms with van der Waals surface area (Å²) < 4.78 is 0. The fraction of sp³-hybridized carbons (Fsp3) is 0.462. The van der Waals surface area contributed by atoms with Crippen molar-refractivity contribution in [3.8, 4) is 0 Å². The molecule has 0 radical (unpaired) electrons. The van der Waals surface area contributed by atoms with Gasteiger partial charge in [-0.3, -0.25) is 4.79 Å². The number of hydrogen-bond acceptors (Lipinski definition) is 4. The summed E-state index contributed by atoms with van der Waals surface area (Å²) in [6.07, 6.45) is 0.387. The maximum absolute atomic E-state index is 10.8. The topological polar surface area (TPSA) is 69.3 Å². The number of anilines is 2. The fourth-order valence-corrected chi connectivity index (χ4v) is 2.10. The number of aliphatic carboxylic acids is 1. The number of carboxylic acid groups (broad SMARTS) is 1. The molecule has 2 aliphatic heterocycles. The van der Waals surface area contributed by atoms with E-state index in [0.717, 1.165) is 31.7 Å². The molecule has 2 saturated heterocycles. The smallest absolute Gasteiger partial charge is 0.320 e. The van der Waals surface area contributed by atoms with E-state index in [1.165, 1.54) is 11.4 Å². The van der Waals surface area contributed by atoms with Crippen LogP contribution in [-0.4, -0.2) is 43.3 Å². The summed E-state index contributed by atoms with van der Waals surface area (Å²) in [7, 11) is 0. The Morgan fingerprint density at radius 3 is 2.06 bits per heavy atom. The number of carboxylic acids is 1. The van der Waals surface area contributed by atoms with Gasteiger partial charge in [0.1, 0.15) is 6.04 Å². The van der Waals surface area contributed by atoms with Crippen molar-refractivity contribution < 1.29 is 9.90 Å². The quantitative estimate of drug-likeness (QED) is 0.731. The molecule has 1 atom stereocenters.